The first kappa shape index (κ1) is 17.5. The van der Waals surface area contributed by atoms with E-state index >= 15 is 0 Å². The lowest BCUT2D eigenvalue weighted by Crippen LogP contribution is -2.46. The van der Waals surface area contributed by atoms with E-state index in [2.05, 4.69) is 45.7 Å². The minimum atomic E-state index is -0.123. The number of carbonyl (C=O) groups is 1. The van der Waals surface area contributed by atoms with Gasteiger partial charge >= 0.3 is 0 Å². The van der Waals surface area contributed by atoms with E-state index in [1.807, 2.05) is 12.3 Å². The summed E-state index contributed by atoms with van der Waals surface area (Å²) in [6, 6.07) is 8.38. The SMILES string of the molecule is CSCc1nc(CNC(=O)C(C)N2CCc3ccccc3C2)cs1. The van der Waals surface area contributed by atoms with Crippen LogP contribution < -0.4 is 5.32 Å². The molecule has 3 rings (SSSR count). The topological polar surface area (TPSA) is 45.2 Å². The van der Waals surface area contributed by atoms with Gasteiger partial charge in [0, 0.05) is 24.2 Å². The molecule has 128 valence electrons. The van der Waals surface area contributed by atoms with E-state index in [0.29, 0.717) is 6.54 Å². The molecule has 0 aliphatic carbocycles. The van der Waals surface area contributed by atoms with E-state index in [1.165, 1.54) is 11.1 Å². The molecule has 1 unspecified atom stereocenters. The van der Waals surface area contributed by atoms with Crippen LogP contribution in [0, 0.1) is 0 Å². The third kappa shape index (κ3) is 4.18. The summed E-state index contributed by atoms with van der Waals surface area (Å²) >= 11 is 3.43. The summed E-state index contributed by atoms with van der Waals surface area (Å²) < 4.78 is 0. The Balaban J connectivity index is 1.53. The molecular weight excluding hydrogens is 338 g/mol. The highest BCUT2D eigenvalue weighted by Crippen LogP contribution is 2.20. The largest absolute Gasteiger partial charge is 0.349 e. The van der Waals surface area contributed by atoms with E-state index < -0.39 is 0 Å². The van der Waals surface area contributed by atoms with Gasteiger partial charge in [-0.25, -0.2) is 4.98 Å². The van der Waals surface area contributed by atoms with Gasteiger partial charge in [-0.3, -0.25) is 9.69 Å². The van der Waals surface area contributed by atoms with Crippen molar-refractivity contribution < 1.29 is 4.79 Å². The standard InChI is InChI=1S/C18H23N3OS2/c1-13(21-8-7-14-5-3-4-6-15(14)10-21)18(22)19-9-16-11-24-17(20-16)12-23-2/h3-6,11,13H,7-10,12H2,1-2H3,(H,19,22). The zero-order valence-electron chi connectivity index (χ0n) is 14.1. The Labute approximate surface area is 151 Å². The summed E-state index contributed by atoms with van der Waals surface area (Å²) in [5.74, 6) is 1.01. The molecule has 1 N–H and O–H groups in total. The number of nitrogens with one attached hydrogen (secondary N) is 1. The maximum absolute atomic E-state index is 12.5. The number of hydrogen-bond acceptors (Lipinski definition) is 5. The molecule has 1 atom stereocenters. The molecule has 24 heavy (non-hydrogen) atoms. The number of amides is 1. The summed E-state index contributed by atoms with van der Waals surface area (Å²) in [5.41, 5.74) is 3.70. The predicted molar refractivity (Wildman–Crippen MR) is 101 cm³/mol. The minimum absolute atomic E-state index is 0.0776. The molecule has 6 heteroatoms. The second-order valence-electron chi connectivity index (χ2n) is 6.05. The first-order chi connectivity index (χ1) is 11.7. The average molecular weight is 362 g/mol. The van der Waals surface area contributed by atoms with Crippen molar-refractivity contribution in [1.29, 1.82) is 0 Å². The monoisotopic (exact) mass is 361 g/mol. The third-order valence-electron chi connectivity index (χ3n) is 4.40. The van der Waals surface area contributed by atoms with Gasteiger partial charge in [-0.1, -0.05) is 24.3 Å². The number of fused-ring (bicyclic) bond motifs is 1. The van der Waals surface area contributed by atoms with Gasteiger partial charge in [0.1, 0.15) is 5.01 Å². The van der Waals surface area contributed by atoms with Crippen molar-refractivity contribution in [2.45, 2.75) is 38.2 Å². The van der Waals surface area contributed by atoms with E-state index in [0.717, 1.165) is 36.0 Å². The molecule has 4 nitrogen and oxygen atoms in total. The highest BCUT2D eigenvalue weighted by molar-refractivity contribution is 7.97. The number of aromatic nitrogens is 1. The number of nitrogens with zero attached hydrogens (tertiary/aromatic N) is 2. The number of rotatable bonds is 6. The second-order valence-corrected chi connectivity index (χ2v) is 7.86. The fourth-order valence-corrected chi connectivity index (χ4v) is 4.47. The van der Waals surface area contributed by atoms with Gasteiger partial charge in [-0.2, -0.15) is 11.8 Å². The molecule has 0 saturated heterocycles. The van der Waals surface area contributed by atoms with Gasteiger partial charge in [0.25, 0.3) is 0 Å². The summed E-state index contributed by atoms with van der Waals surface area (Å²) in [7, 11) is 0. The fourth-order valence-electron chi connectivity index (χ4n) is 2.96. The van der Waals surface area contributed by atoms with Crippen LogP contribution in [0.25, 0.3) is 0 Å². The fraction of sp³-hybridized carbons (Fsp3) is 0.444. The van der Waals surface area contributed by atoms with Crippen molar-refractivity contribution in [3.63, 3.8) is 0 Å². The number of thiazole rings is 1. The van der Waals surface area contributed by atoms with Crippen LogP contribution in [0.4, 0.5) is 0 Å². The van der Waals surface area contributed by atoms with Crippen molar-refractivity contribution in [3.8, 4) is 0 Å². The highest BCUT2D eigenvalue weighted by atomic mass is 32.2. The minimum Gasteiger partial charge on any atom is -0.349 e. The Kier molecular flexibility index (Phi) is 5.92. The molecular formula is C18H23N3OS2. The van der Waals surface area contributed by atoms with Crippen molar-refractivity contribution in [2.75, 3.05) is 12.8 Å². The van der Waals surface area contributed by atoms with Crippen LogP contribution >= 0.6 is 23.1 Å². The van der Waals surface area contributed by atoms with E-state index in [4.69, 9.17) is 0 Å². The lowest BCUT2D eigenvalue weighted by molar-refractivity contribution is -0.126. The van der Waals surface area contributed by atoms with Crippen LogP contribution in [0.2, 0.25) is 0 Å². The van der Waals surface area contributed by atoms with E-state index in [9.17, 15) is 4.79 Å². The normalized spacial score (nSPS) is 15.8. The Morgan fingerprint density at radius 2 is 2.21 bits per heavy atom. The molecule has 0 saturated carbocycles. The van der Waals surface area contributed by atoms with Gasteiger partial charge in [0.2, 0.25) is 5.91 Å². The molecule has 0 bridgehead atoms. The third-order valence-corrected chi connectivity index (χ3v) is 6.04. The summed E-state index contributed by atoms with van der Waals surface area (Å²) in [5, 5.41) is 6.19. The quantitative estimate of drug-likeness (QED) is 0.859. The van der Waals surface area contributed by atoms with E-state index in [1.54, 1.807) is 23.1 Å². The molecule has 1 aliphatic heterocycles. The first-order valence-corrected chi connectivity index (χ1v) is 10.5. The van der Waals surface area contributed by atoms with Gasteiger partial charge in [0.15, 0.2) is 0 Å². The molecule has 0 radical (unpaired) electrons. The summed E-state index contributed by atoms with van der Waals surface area (Å²) in [6.07, 6.45) is 3.08. The van der Waals surface area contributed by atoms with Gasteiger partial charge in [-0.15, -0.1) is 11.3 Å². The summed E-state index contributed by atoms with van der Waals surface area (Å²) in [4.78, 5) is 19.3. The van der Waals surface area contributed by atoms with Crippen LogP contribution in [-0.4, -0.2) is 34.6 Å². The molecule has 1 aliphatic rings. The maximum atomic E-state index is 12.5. The van der Waals surface area contributed by atoms with Crippen LogP contribution in [0.1, 0.15) is 28.8 Å². The van der Waals surface area contributed by atoms with Crippen LogP contribution in [0.5, 0.6) is 0 Å². The Bertz CT molecular complexity index is 701. The van der Waals surface area contributed by atoms with Crippen molar-refractivity contribution in [2.24, 2.45) is 0 Å². The lowest BCUT2D eigenvalue weighted by Gasteiger charge is -2.32. The average Bonchev–Trinajstić information content (AvgIpc) is 3.06. The Morgan fingerprint density at radius 3 is 3.00 bits per heavy atom. The Hall–Kier alpha value is -1.37. The molecule has 1 amide bonds. The second kappa shape index (κ2) is 8.14. The zero-order valence-corrected chi connectivity index (χ0v) is 15.8. The van der Waals surface area contributed by atoms with Crippen LogP contribution in [0.15, 0.2) is 29.6 Å². The molecule has 0 spiro atoms. The smallest absolute Gasteiger partial charge is 0.237 e. The summed E-state index contributed by atoms with van der Waals surface area (Å²) in [6.45, 7) is 4.28. The molecule has 0 fully saturated rings. The molecule has 2 aromatic rings. The van der Waals surface area contributed by atoms with E-state index in [-0.39, 0.29) is 11.9 Å². The lowest BCUT2D eigenvalue weighted by atomic mass is 9.99. The zero-order chi connectivity index (χ0) is 16.9. The number of thioether (sulfide) groups is 1. The van der Waals surface area contributed by atoms with Crippen molar-refractivity contribution in [3.05, 3.63) is 51.5 Å². The first-order valence-electron chi connectivity index (χ1n) is 8.18. The number of hydrogen-bond donors (Lipinski definition) is 1. The van der Waals surface area contributed by atoms with Gasteiger partial charge < -0.3 is 5.32 Å². The van der Waals surface area contributed by atoms with Crippen molar-refractivity contribution in [1.82, 2.24) is 15.2 Å². The van der Waals surface area contributed by atoms with Gasteiger partial charge in [-0.05, 0) is 30.7 Å². The molecule has 2 heterocycles. The predicted octanol–water partition coefficient (Wildman–Crippen LogP) is 3.07. The number of carbonyl (C=O) groups excluding carboxylic acids is 1. The van der Waals surface area contributed by atoms with Crippen molar-refractivity contribution >= 4 is 29.0 Å². The van der Waals surface area contributed by atoms with Gasteiger partial charge in [0.05, 0.1) is 18.3 Å². The van der Waals surface area contributed by atoms with Crippen LogP contribution in [-0.2, 0) is 30.1 Å². The maximum Gasteiger partial charge on any atom is 0.237 e. The Morgan fingerprint density at radius 1 is 1.42 bits per heavy atom. The molecule has 1 aromatic heterocycles. The molecule has 1 aromatic carbocycles. The number of benzene rings is 1. The van der Waals surface area contributed by atoms with Crippen LogP contribution in [0.3, 0.4) is 0 Å². The highest BCUT2D eigenvalue weighted by Gasteiger charge is 2.25.